The van der Waals surface area contributed by atoms with Crippen molar-refractivity contribution in [3.63, 3.8) is 0 Å². The standard InChI is InChI=1S/C15H27N3O/c1-4-13(3)18-10-8-14(17-18)11-15(19)6-5-12(2)7-9-16/h8,10,12-13H,4-7,9,11,16H2,1-3H3. The van der Waals surface area contributed by atoms with E-state index in [1.165, 1.54) is 0 Å². The molecule has 108 valence electrons. The zero-order valence-electron chi connectivity index (χ0n) is 12.4. The summed E-state index contributed by atoms with van der Waals surface area (Å²) in [5.74, 6) is 0.810. The van der Waals surface area contributed by atoms with E-state index in [1.54, 1.807) is 0 Å². The minimum atomic E-state index is 0.276. The summed E-state index contributed by atoms with van der Waals surface area (Å²) < 4.78 is 1.94. The molecule has 0 radical (unpaired) electrons. The second-order valence-corrected chi connectivity index (χ2v) is 5.48. The Morgan fingerprint density at radius 3 is 2.79 bits per heavy atom. The van der Waals surface area contributed by atoms with E-state index >= 15 is 0 Å². The predicted molar refractivity (Wildman–Crippen MR) is 78.0 cm³/mol. The molecule has 0 fully saturated rings. The molecule has 2 unspecified atom stereocenters. The molecule has 0 aliphatic rings. The maximum atomic E-state index is 11.9. The first-order valence-electron chi connectivity index (χ1n) is 7.32. The van der Waals surface area contributed by atoms with Gasteiger partial charge in [0.2, 0.25) is 0 Å². The number of nitrogens with zero attached hydrogens (tertiary/aromatic N) is 2. The lowest BCUT2D eigenvalue weighted by molar-refractivity contribution is -0.118. The fourth-order valence-electron chi connectivity index (χ4n) is 2.03. The fraction of sp³-hybridized carbons (Fsp3) is 0.733. The first-order chi connectivity index (χ1) is 9.06. The number of aromatic nitrogens is 2. The van der Waals surface area contributed by atoms with Gasteiger partial charge >= 0.3 is 0 Å². The number of nitrogens with two attached hydrogens (primary N) is 1. The molecule has 0 aliphatic carbocycles. The number of hydrogen-bond donors (Lipinski definition) is 1. The molecule has 0 amide bonds. The third-order valence-electron chi connectivity index (χ3n) is 3.66. The van der Waals surface area contributed by atoms with Gasteiger partial charge in [0.1, 0.15) is 5.78 Å². The second kappa shape index (κ2) is 8.10. The first kappa shape index (κ1) is 15.9. The molecular formula is C15H27N3O. The molecule has 19 heavy (non-hydrogen) atoms. The van der Waals surface area contributed by atoms with E-state index in [4.69, 9.17) is 5.73 Å². The third-order valence-corrected chi connectivity index (χ3v) is 3.66. The van der Waals surface area contributed by atoms with Crippen LogP contribution in [0.4, 0.5) is 0 Å². The number of hydrogen-bond acceptors (Lipinski definition) is 3. The lowest BCUT2D eigenvalue weighted by atomic mass is 9.99. The lowest BCUT2D eigenvalue weighted by Crippen LogP contribution is -2.10. The van der Waals surface area contributed by atoms with Gasteiger partial charge in [-0.2, -0.15) is 5.10 Å². The Bertz CT molecular complexity index is 386. The number of Topliss-reactive ketones (excluding diaryl/α,β-unsaturated/α-hetero) is 1. The van der Waals surface area contributed by atoms with E-state index in [9.17, 15) is 4.79 Å². The summed E-state index contributed by atoms with van der Waals surface area (Å²) in [5, 5.41) is 4.46. The van der Waals surface area contributed by atoms with Gasteiger partial charge in [-0.3, -0.25) is 9.48 Å². The van der Waals surface area contributed by atoms with E-state index < -0.39 is 0 Å². The average molecular weight is 265 g/mol. The normalized spacial score (nSPS) is 14.3. The van der Waals surface area contributed by atoms with E-state index in [-0.39, 0.29) is 5.78 Å². The van der Waals surface area contributed by atoms with Gasteiger partial charge in [0, 0.05) is 18.7 Å². The molecule has 0 saturated heterocycles. The van der Waals surface area contributed by atoms with Crippen molar-refractivity contribution in [3.8, 4) is 0 Å². The highest BCUT2D eigenvalue weighted by atomic mass is 16.1. The van der Waals surface area contributed by atoms with E-state index in [0.29, 0.717) is 31.3 Å². The van der Waals surface area contributed by atoms with Crippen molar-refractivity contribution in [2.45, 2.75) is 58.9 Å². The first-order valence-corrected chi connectivity index (χ1v) is 7.32. The molecule has 0 aliphatic heterocycles. The van der Waals surface area contributed by atoms with Crippen LogP contribution in [0.15, 0.2) is 12.3 Å². The molecule has 0 saturated carbocycles. The molecule has 1 rings (SSSR count). The zero-order chi connectivity index (χ0) is 14.3. The number of ketones is 1. The molecular weight excluding hydrogens is 238 g/mol. The smallest absolute Gasteiger partial charge is 0.138 e. The van der Waals surface area contributed by atoms with Crippen LogP contribution < -0.4 is 5.73 Å². The van der Waals surface area contributed by atoms with Gasteiger partial charge in [-0.1, -0.05) is 13.8 Å². The van der Waals surface area contributed by atoms with Crippen LogP contribution in [-0.2, 0) is 11.2 Å². The molecule has 1 aromatic heterocycles. The van der Waals surface area contributed by atoms with Crippen LogP contribution in [0.2, 0.25) is 0 Å². The maximum absolute atomic E-state index is 11.9. The largest absolute Gasteiger partial charge is 0.330 e. The zero-order valence-corrected chi connectivity index (χ0v) is 12.4. The van der Waals surface area contributed by atoms with E-state index in [1.807, 2.05) is 16.9 Å². The Morgan fingerprint density at radius 1 is 1.42 bits per heavy atom. The van der Waals surface area contributed by atoms with Crippen molar-refractivity contribution in [1.82, 2.24) is 9.78 Å². The minimum absolute atomic E-state index is 0.276. The molecule has 0 aromatic carbocycles. The van der Waals surface area contributed by atoms with Crippen molar-refractivity contribution in [3.05, 3.63) is 18.0 Å². The molecule has 4 nitrogen and oxygen atoms in total. The molecule has 4 heteroatoms. The van der Waals surface area contributed by atoms with Crippen LogP contribution >= 0.6 is 0 Å². The van der Waals surface area contributed by atoms with Gasteiger partial charge in [-0.05, 0) is 44.7 Å². The molecule has 0 bridgehead atoms. The number of carbonyl (C=O) groups is 1. The van der Waals surface area contributed by atoms with Crippen LogP contribution in [-0.4, -0.2) is 22.1 Å². The SMILES string of the molecule is CCC(C)n1ccc(CC(=O)CCC(C)CCN)n1. The highest BCUT2D eigenvalue weighted by molar-refractivity contribution is 5.80. The van der Waals surface area contributed by atoms with Gasteiger partial charge in [-0.15, -0.1) is 0 Å². The van der Waals surface area contributed by atoms with Crippen LogP contribution in [0.3, 0.4) is 0 Å². The lowest BCUT2D eigenvalue weighted by Gasteiger charge is -2.09. The Balaban J connectivity index is 2.38. The maximum Gasteiger partial charge on any atom is 0.138 e. The molecule has 2 N–H and O–H groups in total. The Morgan fingerprint density at radius 2 is 2.16 bits per heavy atom. The Kier molecular flexibility index (Phi) is 6.78. The second-order valence-electron chi connectivity index (χ2n) is 5.48. The van der Waals surface area contributed by atoms with Crippen molar-refractivity contribution in [2.75, 3.05) is 6.54 Å². The number of rotatable bonds is 9. The fourth-order valence-corrected chi connectivity index (χ4v) is 2.03. The van der Waals surface area contributed by atoms with Crippen LogP contribution in [0.5, 0.6) is 0 Å². The summed E-state index contributed by atoms with van der Waals surface area (Å²) in [6, 6.07) is 2.35. The highest BCUT2D eigenvalue weighted by Gasteiger charge is 2.10. The van der Waals surface area contributed by atoms with Crippen molar-refractivity contribution in [1.29, 1.82) is 0 Å². The Hall–Kier alpha value is -1.16. The van der Waals surface area contributed by atoms with Gasteiger partial charge in [-0.25, -0.2) is 0 Å². The molecule has 0 spiro atoms. The predicted octanol–water partition coefficient (Wildman–Crippen LogP) is 2.73. The minimum Gasteiger partial charge on any atom is -0.330 e. The quantitative estimate of drug-likeness (QED) is 0.746. The monoisotopic (exact) mass is 265 g/mol. The van der Waals surface area contributed by atoms with Crippen molar-refractivity contribution in [2.24, 2.45) is 11.7 Å². The number of carbonyl (C=O) groups excluding carboxylic acids is 1. The van der Waals surface area contributed by atoms with Crippen molar-refractivity contribution < 1.29 is 4.79 Å². The topological polar surface area (TPSA) is 60.9 Å². The van der Waals surface area contributed by atoms with E-state index in [2.05, 4.69) is 25.9 Å². The average Bonchev–Trinajstić information content (AvgIpc) is 2.84. The molecule has 2 atom stereocenters. The van der Waals surface area contributed by atoms with Gasteiger partial charge in [0.15, 0.2) is 0 Å². The van der Waals surface area contributed by atoms with E-state index in [0.717, 1.165) is 25.0 Å². The van der Waals surface area contributed by atoms with Gasteiger partial charge < -0.3 is 5.73 Å². The summed E-state index contributed by atoms with van der Waals surface area (Å²) in [4.78, 5) is 11.9. The summed E-state index contributed by atoms with van der Waals surface area (Å²) in [7, 11) is 0. The summed E-state index contributed by atoms with van der Waals surface area (Å²) in [6.07, 6.45) is 6.04. The van der Waals surface area contributed by atoms with Crippen LogP contribution in [0.1, 0.15) is 58.2 Å². The van der Waals surface area contributed by atoms with Gasteiger partial charge in [0.05, 0.1) is 12.1 Å². The third kappa shape index (κ3) is 5.55. The van der Waals surface area contributed by atoms with Gasteiger partial charge in [0.25, 0.3) is 0 Å². The summed E-state index contributed by atoms with van der Waals surface area (Å²) >= 11 is 0. The molecule has 1 aromatic rings. The van der Waals surface area contributed by atoms with Crippen LogP contribution in [0, 0.1) is 5.92 Å². The van der Waals surface area contributed by atoms with Crippen LogP contribution in [0.25, 0.3) is 0 Å². The summed E-state index contributed by atoms with van der Waals surface area (Å²) in [5.41, 5.74) is 6.39. The molecule has 1 heterocycles. The highest BCUT2D eigenvalue weighted by Crippen LogP contribution is 2.12. The van der Waals surface area contributed by atoms with Crippen molar-refractivity contribution >= 4 is 5.78 Å². The Labute approximate surface area is 116 Å². The summed E-state index contributed by atoms with van der Waals surface area (Å²) in [6.45, 7) is 7.12.